The van der Waals surface area contributed by atoms with Crippen LogP contribution in [0.5, 0.6) is 5.75 Å². The maximum atomic E-state index is 13.0. The van der Waals surface area contributed by atoms with Crippen molar-refractivity contribution in [3.05, 3.63) is 60.1 Å². The van der Waals surface area contributed by atoms with E-state index in [1.807, 2.05) is 68.0 Å². The normalized spacial score (nSPS) is 15.4. The van der Waals surface area contributed by atoms with Gasteiger partial charge in [-0.25, -0.2) is 4.98 Å². The molecule has 0 saturated carbocycles. The van der Waals surface area contributed by atoms with E-state index in [4.69, 9.17) is 9.15 Å². The number of hydrogen-bond acceptors (Lipinski definition) is 6. The number of nitrogens with zero attached hydrogens (tertiary/aromatic N) is 3. The van der Waals surface area contributed by atoms with Gasteiger partial charge < -0.3 is 19.8 Å². The van der Waals surface area contributed by atoms with Crippen LogP contribution in [-0.4, -0.2) is 39.2 Å². The Balaban J connectivity index is 1.37. The lowest BCUT2D eigenvalue weighted by atomic mass is 10.0. The first-order chi connectivity index (χ1) is 17.4. The Kier molecular flexibility index (Phi) is 6.45. The molecule has 9 heteroatoms. The van der Waals surface area contributed by atoms with Gasteiger partial charge in [-0.2, -0.15) is 5.10 Å². The topological polar surface area (TPSA) is 111 Å². The Hall–Kier alpha value is -4.14. The molecule has 1 aliphatic rings. The van der Waals surface area contributed by atoms with Gasteiger partial charge in [0.25, 0.3) is 5.91 Å². The molecular formula is C27H29N5O4. The van der Waals surface area contributed by atoms with Crippen molar-refractivity contribution >= 4 is 28.4 Å². The molecule has 1 atom stereocenters. The summed E-state index contributed by atoms with van der Waals surface area (Å²) in [6.07, 6.45) is 4.76. The van der Waals surface area contributed by atoms with E-state index < -0.39 is 5.91 Å². The zero-order chi connectivity index (χ0) is 25.2. The van der Waals surface area contributed by atoms with Gasteiger partial charge in [0.1, 0.15) is 12.0 Å². The molecule has 2 aromatic heterocycles. The lowest BCUT2D eigenvalue weighted by Gasteiger charge is -2.14. The highest BCUT2D eigenvalue weighted by Gasteiger charge is 2.24. The van der Waals surface area contributed by atoms with Crippen LogP contribution < -0.4 is 15.4 Å². The summed E-state index contributed by atoms with van der Waals surface area (Å²) in [5, 5.41) is 11.3. The first kappa shape index (κ1) is 23.6. The molecule has 36 heavy (non-hydrogen) atoms. The summed E-state index contributed by atoms with van der Waals surface area (Å²) in [6, 6.07) is 11.4. The van der Waals surface area contributed by atoms with Crippen molar-refractivity contribution in [3.63, 3.8) is 0 Å². The van der Waals surface area contributed by atoms with Crippen LogP contribution in [0.2, 0.25) is 0 Å². The summed E-state index contributed by atoms with van der Waals surface area (Å²) < 4.78 is 13.4. The van der Waals surface area contributed by atoms with E-state index in [2.05, 4.69) is 20.7 Å². The molecule has 9 nitrogen and oxygen atoms in total. The number of anilines is 1. The first-order valence-corrected chi connectivity index (χ1v) is 12.1. The predicted molar refractivity (Wildman–Crippen MR) is 136 cm³/mol. The Morgan fingerprint density at radius 3 is 2.92 bits per heavy atom. The summed E-state index contributed by atoms with van der Waals surface area (Å²) in [5.41, 5.74) is 3.33. The second-order valence-corrected chi connectivity index (χ2v) is 9.39. The van der Waals surface area contributed by atoms with E-state index in [-0.39, 0.29) is 23.6 Å². The van der Waals surface area contributed by atoms with E-state index in [0.717, 1.165) is 41.4 Å². The molecule has 186 valence electrons. The largest absolute Gasteiger partial charge is 0.489 e. The molecule has 1 aliphatic heterocycles. The quantitative estimate of drug-likeness (QED) is 0.377. The standard InChI is InChI=1S/C27H29N5O4/c1-16(2)36-24-13-21-20(14-32(31-21)10-8-18-7-9-28-25(18)33)12-22(24)29-26(34)23-15-35-27(30-23)19-6-4-5-17(3)11-19/h4-6,11-16,18H,7-10H2,1-3H3,(H,28,33)(H,29,34). The minimum atomic E-state index is -0.398. The molecule has 2 aromatic carbocycles. The minimum Gasteiger partial charge on any atom is -0.489 e. The zero-order valence-corrected chi connectivity index (χ0v) is 20.6. The average Bonchev–Trinajstić information content (AvgIpc) is 3.57. The Labute approximate surface area is 208 Å². The highest BCUT2D eigenvalue weighted by atomic mass is 16.5. The van der Waals surface area contributed by atoms with E-state index in [1.54, 1.807) is 0 Å². The third kappa shape index (κ3) is 5.10. The van der Waals surface area contributed by atoms with Gasteiger partial charge in [-0.1, -0.05) is 17.7 Å². The summed E-state index contributed by atoms with van der Waals surface area (Å²) in [5.74, 6) is 0.649. The van der Waals surface area contributed by atoms with Crippen LogP contribution in [-0.2, 0) is 11.3 Å². The number of oxazole rings is 1. The predicted octanol–water partition coefficient (Wildman–Crippen LogP) is 4.57. The molecule has 1 saturated heterocycles. The summed E-state index contributed by atoms with van der Waals surface area (Å²) in [6.45, 7) is 7.21. The van der Waals surface area contributed by atoms with E-state index >= 15 is 0 Å². The fraction of sp³-hybridized carbons (Fsp3) is 0.333. The van der Waals surface area contributed by atoms with Gasteiger partial charge in [0, 0.05) is 42.2 Å². The van der Waals surface area contributed by atoms with Crippen molar-refractivity contribution < 1.29 is 18.7 Å². The van der Waals surface area contributed by atoms with Gasteiger partial charge >= 0.3 is 0 Å². The van der Waals surface area contributed by atoms with Crippen molar-refractivity contribution in [1.82, 2.24) is 20.1 Å². The summed E-state index contributed by atoms with van der Waals surface area (Å²) in [7, 11) is 0. The van der Waals surface area contributed by atoms with Crippen LogP contribution in [0.15, 0.2) is 53.3 Å². The molecule has 1 fully saturated rings. The highest BCUT2D eigenvalue weighted by Crippen LogP contribution is 2.32. The number of aryl methyl sites for hydroxylation is 2. The van der Waals surface area contributed by atoms with Gasteiger partial charge in [0.05, 0.1) is 17.3 Å². The van der Waals surface area contributed by atoms with E-state index in [9.17, 15) is 9.59 Å². The molecule has 5 rings (SSSR count). The Morgan fingerprint density at radius 1 is 1.31 bits per heavy atom. The first-order valence-electron chi connectivity index (χ1n) is 12.1. The van der Waals surface area contributed by atoms with E-state index in [0.29, 0.717) is 23.9 Å². The third-order valence-corrected chi connectivity index (χ3v) is 6.14. The lowest BCUT2D eigenvalue weighted by molar-refractivity contribution is -0.122. The minimum absolute atomic E-state index is 0.0270. The number of carbonyl (C=O) groups is 2. The van der Waals surface area contributed by atoms with Crippen molar-refractivity contribution in [3.8, 4) is 17.2 Å². The molecule has 0 aliphatic carbocycles. The fourth-order valence-corrected chi connectivity index (χ4v) is 4.35. The smallest absolute Gasteiger partial charge is 0.277 e. The number of nitrogens with one attached hydrogen (secondary N) is 2. The van der Waals surface area contributed by atoms with Crippen LogP contribution in [0, 0.1) is 12.8 Å². The number of fused-ring (bicyclic) bond motifs is 1. The fourth-order valence-electron chi connectivity index (χ4n) is 4.35. The Morgan fingerprint density at radius 2 is 2.17 bits per heavy atom. The molecule has 1 unspecified atom stereocenters. The average molecular weight is 488 g/mol. The number of hydrogen-bond donors (Lipinski definition) is 2. The van der Waals surface area contributed by atoms with Gasteiger partial charge in [-0.05, 0) is 51.8 Å². The SMILES string of the molecule is Cc1cccc(-c2nc(C(=O)Nc3cc4cn(CCC5CCNC5=O)nc4cc3OC(C)C)co2)c1. The Bertz CT molecular complexity index is 1420. The van der Waals surface area contributed by atoms with Gasteiger partial charge in [-0.3, -0.25) is 14.3 Å². The van der Waals surface area contributed by atoms with Crippen LogP contribution in [0.25, 0.3) is 22.4 Å². The number of ether oxygens (including phenoxy) is 1. The van der Waals surface area contributed by atoms with Gasteiger partial charge in [-0.15, -0.1) is 0 Å². The molecule has 0 bridgehead atoms. The number of carbonyl (C=O) groups excluding carboxylic acids is 2. The maximum Gasteiger partial charge on any atom is 0.277 e. The van der Waals surface area contributed by atoms with Gasteiger partial charge in [0.2, 0.25) is 11.8 Å². The van der Waals surface area contributed by atoms with Crippen molar-refractivity contribution in [2.24, 2.45) is 5.92 Å². The third-order valence-electron chi connectivity index (χ3n) is 6.14. The van der Waals surface area contributed by atoms with Crippen LogP contribution in [0.1, 0.15) is 42.7 Å². The lowest BCUT2D eigenvalue weighted by Crippen LogP contribution is -2.20. The van der Waals surface area contributed by atoms with Crippen LogP contribution in [0.4, 0.5) is 5.69 Å². The van der Waals surface area contributed by atoms with E-state index in [1.165, 1.54) is 6.26 Å². The number of rotatable bonds is 8. The second kappa shape index (κ2) is 9.85. The summed E-state index contributed by atoms with van der Waals surface area (Å²) in [4.78, 5) is 29.3. The number of aromatic nitrogens is 3. The van der Waals surface area contributed by atoms with Gasteiger partial charge in [0.15, 0.2) is 5.69 Å². The zero-order valence-electron chi connectivity index (χ0n) is 20.6. The van der Waals surface area contributed by atoms with Crippen molar-refractivity contribution in [2.45, 2.75) is 46.3 Å². The van der Waals surface area contributed by atoms with Crippen LogP contribution >= 0.6 is 0 Å². The summed E-state index contributed by atoms with van der Waals surface area (Å²) >= 11 is 0. The highest BCUT2D eigenvalue weighted by molar-refractivity contribution is 6.05. The van der Waals surface area contributed by atoms with Crippen molar-refractivity contribution in [2.75, 3.05) is 11.9 Å². The number of benzene rings is 2. The molecule has 2 amide bonds. The van der Waals surface area contributed by atoms with Crippen molar-refractivity contribution in [1.29, 1.82) is 0 Å². The molecule has 4 aromatic rings. The monoisotopic (exact) mass is 487 g/mol. The van der Waals surface area contributed by atoms with Crippen LogP contribution in [0.3, 0.4) is 0 Å². The molecule has 2 N–H and O–H groups in total. The second-order valence-electron chi connectivity index (χ2n) is 9.39. The molecule has 0 spiro atoms. The molecule has 0 radical (unpaired) electrons. The molecule has 3 heterocycles. The number of amides is 2. The molecular weight excluding hydrogens is 458 g/mol. The maximum absolute atomic E-state index is 13.0.